The molecule has 0 fully saturated rings. The van der Waals surface area contributed by atoms with E-state index in [9.17, 15) is 10.1 Å². The van der Waals surface area contributed by atoms with Crippen LogP contribution in [0.25, 0.3) is 11.3 Å². The Labute approximate surface area is 143 Å². The molecule has 9 heteroatoms. The molecule has 128 valence electrons. The molecule has 0 spiro atoms. The molecule has 0 bridgehead atoms. The number of anilines is 2. The smallest absolute Gasteiger partial charge is 0.295 e. The molecule has 1 N–H and O–H groups in total. The number of nitro groups is 1. The van der Waals surface area contributed by atoms with Gasteiger partial charge in [-0.1, -0.05) is 30.3 Å². The molecule has 0 radical (unpaired) electrons. The van der Waals surface area contributed by atoms with Crippen LogP contribution in [-0.4, -0.2) is 34.1 Å². The van der Waals surface area contributed by atoms with E-state index < -0.39 is 4.92 Å². The first-order chi connectivity index (χ1) is 12.0. The zero-order valence-corrected chi connectivity index (χ0v) is 13.7. The largest absolute Gasteiger partial charge is 0.361 e. The molecule has 3 aromatic rings. The minimum absolute atomic E-state index is 0.0514. The SMILES string of the molecule is CN(C)c1noc(CNc2ccc([N+](=O)[O-])c(-c3ccccc3)n2)n1. The molecule has 0 unspecified atom stereocenters. The van der Waals surface area contributed by atoms with Crippen molar-refractivity contribution in [3.63, 3.8) is 0 Å². The fourth-order valence-corrected chi connectivity index (χ4v) is 2.17. The number of nitrogens with one attached hydrogen (secondary N) is 1. The molecule has 0 aliphatic heterocycles. The number of hydrogen-bond acceptors (Lipinski definition) is 8. The van der Waals surface area contributed by atoms with Crippen molar-refractivity contribution >= 4 is 17.5 Å². The molecule has 0 atom stereocenters. The topological polar surface area (TPSA) is 110 Å². The number of benzene rings is 1. The molecule has 2 heterocycles. The van der Waals surface area contributed by atoms with Crippen LogP contribution in [0.3, 0.4) is 0 Å². The van der Waals surface area contributed by atoms with Gasteiger partial charge in [0.15, 0.2) is 5.69 Å². The summed E-state index contributed by atoms with van der Waals surface area (Å²) in [5.74, 6) is 1.35. The van der Waals surface area contributed by atoms with Crippen molar-refractivity contribution in [1.29, 1.82) is 0 Å². The van der Waals surface area contributed by atoms with Gasteiger partial charge in [0.05, 0.1) is 11.5 Å². The first-order valence-corrected chi connectivity index (χ1v) is 7.49. The Hall–Kier alpha value is -3.49. The van der Waals surface area contributed by atoms with Crippen LogP contribution in [0, 0.1) is 10.1 Å². The summed E-state index contributed by atoms with van der Waals surface area (Å²) in [5, 5.41) is 18.1. The lowest BCUT2D eigenvalue weighted by molar-refractivity contribution is -0.384. The highest BCUT2D eigenvalue weighted by molar-refractivity contribution is 5.71. The summed E-state index contributed by atoms with van der Waals surface area (Å²) in [6.45, 7) is 0.264. The highest BCUT2D eigenvalue weighted by Gasteiger charge is 2.18. The third-order valence-corrected chi connectivity index (χ3v) is 3.40. The monoisotopic (exact) mass is 340 g/mol. The maximum absolute atomic E-state index is 11.3. The zero-order chi connectivity index (χ0) is 17.8. The number of nitrogens with zero attached hydrogens (tertiary/aromatic N) is 5. The summed E-state index contributed by atoms with van der Waals surface area (Å²) in [6, 6.07) is 12.0. The van der Waals surface area contributed by atoms with E-state index in [1.54, 1.807) is 23.1 Å². The van der Waals surface area contributed by atoms with Crippen molar-refractivity contribution < 1.29 is 9.45 Å². The normalized spacial score (nSPS) is 10.5. The molecule has 3 rings (SSSR count). The zero-order valence-electron chi connectivity index (χ0n) is 13.7. The molecule has 2 aromatic heterocycles. The van der Waals surface area contributed by atoms with Gasteiger partial charge in [0.2, 0.25) is 5.89 Å². The van der Waals surface area contributed by atoms with Crippen molar-refractivity contribution in [1.82, 2.24) is 15.1 Å². The molecule has 0 saturated carbocycles. The fraction of sp³-hybridized carbons (Fsp3) is 0.188. The third kappa shape index (κ3) is 3.71. The molecule has 25 heavy (non-hydrogen) atoms. The van der Waals surface area contributed by atoms with E-state index in [0.29, 0.717) is 28.9 Å². The van der Waals surface area contributed by atoms with Crippen molar-refractivity contribution in [3.05, 3.63) is 58.5 Å². The Kier molecular flexibility index (Phi) is 4.55. The van der Waals surface area contributed by atoms with E-state index in [2.05, 4.69) is 20.4 Å². The van der Waals surface area contributed by atoms with Crippen LogP contribution in [0.2, 0.25) is 0 Å². The maximum atomic E-state index is 11.3. The quantitative estimate of drug-likeness (QED) is 0.539. The summed E-state index contributed by atoms with van der Waals surface area (Å²) in [5.41, 5.74) is 0.921. The van der Waals surface area contributed by atoms with Crippen LogP contribution in [0.15, 0.2) is 47.0 Å². The minimum atomic E-state index is -0.444. The second-order valence-electron chi connectivity index (χ2n) is 5.42. The van der Waals surface area contributed by atoms with E-state index in [-0.39, 0.29) is 12.2 Å². The lowest BCUT2D eigenvalue weighted by Crippen LogP contribution is -2.10. The standard InChI is InChI=1S/C16H16N6O3/c1-21(2)16-19-14(25-20-16)10-17-13-9-8-12(22(23)24)15(18-13)11-6-4-3-5-7-11/h3-9H,10H2,1-2H3,(H,17,18). The molecular weight excluding hydrogens is 324 g/mol. The van der Waals surface area contributed by atoms with Gasteiger partial charge in [-0.15, -0.1) is 0 Å². The van der Waals surface area contributed by atoms with E-state index >= 15 is 0 Å². The van der Waals surface area contributed by atoms with Gasteiger partial charge >= 0.3 is 0 Å². The van der Waals surface area contributed by atoms with Gasteiger partial charge < -0.3 is 14.7 Å². The van der Waals surface area contributed by atoms with E-state index in [0.717, 1.165) is 0 Å². The van der Waals surface area contributed by atoms with Crippen molar-refractivity contribution in [3.8, 4) is 11.3 Å². The van der Waals surface area contributed by atoms with Crippen LogP contribution in [0.5, 0.6) is 0 Å². The Balaban J connectivity index is 1.83. The van der Waals surface area contributed by atoms with Crippen LogP contribution >= 0.6 is 0 Å². The number of pyridine rings is 1. The maximum Gasteiger partial charge on any atom is 0.295 e. The second-order valence-corrected chi connectivity index (χ2v) is 5.42. The van der Waals surface area contributed by atoms with Gasteiger partial charge in [-0.05, 0) is 11.2 Å². The first-order valence-electron chi connectivity index (χ1n) is 7.49. The lowest BCUT2D eigenvalue weighted by Gasteiger charge is -2.07. The summed E-state index contributed by atoms with van der Waals surface area (Å²) in [4.78, 5) is 21.1. The third-order valence-electron chi connectivity index (χ3n) is 3.40. The number of hydrogen-bond donors (Lipinski definition) is 1. The van der Waals surface area contributed by atoms with E-state index in [1.807, 2.05) is 32.3 Å². The van der Waals surface area contributed by atoms with Gasteiger partial charge in [-0.3, -0.25) is 10.1 Å². The Morgan fingerprint density at radius 1 is 1.16 bits per heavy atom. The van der Waals surface area contributed by atoms with Crippen LogP contribution in [0.4, 0.5) is 17.5 Å². The van der Waals surface area contributed by atoms with Gasteiger partial charge in [0, 0.05) is 25.7 Å². The molecule has 0 amide bonds. The summed E-state index contributed by atoms with van der Waals surface area (Å²) < 4.78 is 5.12. The minimum Gasteiger partial charge on any atom is -0.361 e. The Morgan fingerprint density at radius 2 is 1.92 bits per heavy atom. The molecule has 1 aromatic carbocycles. The van der Waals surface area contributed by atoms with Gasteiger partial charge in [-0.2, -0.15) is 4.98 Å². The van der Waals surface area contributed by atoms with Crippen molar-refractivity contribution in [2.24, 2.45) is 0 Å². The predicted molar refractivity (Wildman–Crippen MR) is 92.3 cm³/mol. The van der Waals surface area contributed by atoms with Crippen molar-refractivity contribution in [2.75, 3.05) is 24.3 Å². The van der Waals surface area contributed by atoms with Gasteiger partial charge in [0.25, 0.3) is 11.6 Å². The van der Waals surface area contributed by atoms with Crippen LogP contribution in [0.1, 0.15) is 5.89 Å². The summed E-state index contributed by atoms with van der Waals surface area (Å²) in [6.07, 6.45) is 0. The lowest BCUT2D eigenvalue weighted by atomic mass is 10.1. The predicted octanol–water partition coefficient (Wildman–Crippen LogP) is 2.72. The second kappa shape index (κ2) is 6.95. The summed E-state index contributed by atoms with van der Waals surface area (Å²) in [7, 11) is 3.62. The molecule has 0 aliphatic rings. The van der Waals surface area contributed by atoms with E-state index in [1.165, 1.54) is 6.07 Å². The number of rotatable bonds is 6. The van der Waals surface area contributed by atoms with Gasteiger partial charge in [-0.25, -0.2) is 4.98 Å². The van der Waals surface area contributed by atoms with Crippen molar-refractivity contribution in [2.45, 2.75) is 6.54 Å². The first kappa shape index (κ1) is 16.4. The fourth-order valence-electron chi connectivity index (χ4n) is 2.17. The Bertz CT molecular complexity index is 879. The average molecular weight is 340 g/mol. The number of aromatic nitrogens is 3. The van der Waals surface area contributed by atoms with Gasteiger partial charge in [0.1, 0.15) is 5.82 Å². The van der Waals surface area contributed by atoms with Crippen LogP contribution in [-0.2, 0) is 6.54 Å². The Morgan fingerprint density at radius 3 is 2.56 bits per heavy atom. The molecule has 0 aliphatic carbocycles. The highest BCUT2D eigenvalue weighted by Crippen LogP contribution is 2.29. The van der Waals surface area contributed by atoms with Crippen LogP contribution < -0.4 is 10.2 Å². The van der Waals surface area contributed by atoms with E-state index in [4.69, 9.17) is 4.52 Å². The highest BCUT2D eigenvalue weighted by atomic mass is 16.6. The molecular formula is C16H16N6O3. The summed E-state index contributed by atoms with van der Waals surface area (Å²) >= 11 is 0. The molecule has 9 nitrogen and oxygen atoms in total. The average Bonchev–Trinajstić information content (AvgIpc) is 3.10. The molecule has 0 saturated heterocycles.